The minimum Gasteiger partial charge on any atom is -0.493 e. The first-order chi connectivity index (χ1) is 31.2. The third-order valence-electron chi connectivity index (χ3n) is 11.2. The summed E-state index contributed by atoms with van der Waals surface area (Å²) in [6, 6.07) is 23.7. The van der Waals surface area contributed by atoms with Gasteiger partial charge < -0.3 is 43.0 Å². The number of benzene rings is 5. The Kier molecular flexibility index (Phi) is 14.9. The average Bonchev–Trinajstić information content (AvgIpc) is 3.27. The van der Waals surface area contributed by atoms with Crippen LogP contribution in [0.4, 0.5) is 0 Å². The van der Waals surface area contributed by atoms with Crippen molar-refractivity contribution in [3.63, 3.8) is 0 Å². The smallest absolute Gasteiger partial charge is 0.297 e. The molecule has 1 N–H and O–H groups in total. The molecule has 5 aromatic rings. The van der Waals surface area contributed by atoms with E-state index >= 15 is 0 Å². The SMILES string of the molecule is COc1cc(CC(=O)c2ccc3c(c2)C(O)CC(C)(C)O3)cc(OC)c1OC.COc1cc(CC(=O)c2ccc3c(c2)C(OS(=O)(=O)c2ccc(C)cc2)CC(C)(C)O3)cc(OC)c1OC. The Labute approximate surface area is 386 Å². The number of fused-ring (bicyclic) bond motifs is 2. The molecule has 0 bridgehead atoms. The molecule has 2 heterocycles. The van der Waals surface area contributed by atoms with Gasteiger partial charge in [-0.15, -0.1) is 0 Å². The van der Waals surface area contributed by atoms with Crippen molar-refractivity contribution >= 4 is 21.7 Å². The second kappa shape index (κ2) is 20.1. The predicted molar refractivity (Wildman–Crippen MR) is 247 cm³/mol. The lowest BCUT2D eigenvalue weighted by Crippen LogP contribution is -2.36. The van der Waals surface area contributed by atoms with Crippen LogP contribution in [0.1, 0.15) is 101 Å². The van der Waals surface area contributed by atoms with E-state index in [0.29, 0.717) is 80.2 Å². The fourth-order valence-electron chi connectivity index (χ4n) is 8.00. The van der Waals surface area contributed by atoms with E-state index in [4.69, 9.17) is 42.1 Å². The molecule has 66 heavy (non-hydrogen) atoms. The van der Waals surface area contributed by atoms with Gasteiger partial charge in [-0.05, 0) is 119 Å². The Balaban J connectivity index is 0.000000229. The standard InChI is InChI=1S/C29H32O8S.C22H26O6/c1-18-7-10-21(11-8-18)38(31,32)37-27-17-29(2,3)36-24-12-9-20(16-22(24)27)23(30)13-19-14-25(33-4)28(35-6)26(15-19)34-5;1-22(2)12-17(24)15-11-14(6-7-18(15)28-22)16(23)8-13-9-19(25-3)21(27-5)20(10-13)26-4/h7-12,14-16,27H,13,17H2,1-6H3;6-7,9-11,17,24H,8,12H2,1-5H3. The molecule has 352 valence electrons. The van der Waals surface area contributed by atoms with Gasteiger partial charge in [-0.25, -0.2) is 0 Å². The van der Waals surface area contributed by atoms with Crippen molar-refractivity contribution in [2.45, 2.75) is 88.6 Å². The van der Waals surface area contributed by atoms with Gasteiger partial charge >= 0.3 is 0 Å². The maximum Gasteiger partial charge on any atom is 0.297 e. The Morgan fingerprint density at radius 2 is 1.00 bits per heavy atom. The highest BCUT2D eigenvalue weighted by atomic mass is 32.2. The van der Waals surface area contributed by atoms with Crippen LogP contribution in [0.25, 0.3) is 0 Å². The number of Topliss-reactive ketones (excluding diaryl/α,β-unsaturated/α-hetero) is 2. The van der Waals surface area contributed by atoms with E-state index in [1.54, 1.807) is 72.8 Å². The number of aliphatic hydroxyl groups excluding tert-OH is 1. The van der Waals surface area contributed by atoms with Gasteiger partial charge in [0.2, 0.25) is 11.5 Å². The maximum absolute atomic E-state index is 13.3. The van der Waals surface area contributed by atoms with Crippen molar-refractivity contribution < 1.29 is 65.2 Å². The monoisotopic (exact) mass is 926 g/mol. The summed E-state index contributed by atoms with van der Waals surface area (Å²) in [5, 5.41) is 10.4. The number of ketones is 2. The molecular formula is C51H58O14S. The van der Waals surface area contributed by atoms with Gasteiger partial charge in [0.15, 0.2) is 34.6 Å². The first-order valence-corrected chi connectivity index (χ1v) is 22.6. The van der Waals surface area contributed by atoms with Crippen LogP contribution >= 0.6 is 0 Å². The normalized spacial score (nSPS) is 16.7. The number of carbonyl (C=O) groups is 2. The number of rotatable bonds is 15. The average molecular weight is 927 g/mol. The summed E-state index contributed by atoms with van der Waals surface area (Å²) in [7, 11) is 5.09. The van der Waals surface area contributed by atoms with Gasteiger partial charge in [0.05, 0.1) is 53.7 Å². The minimum absolute atomic E-state index is 0.0645. The molecule has 15 heteroatoms. The molecule has 2 unspecified atom stereocenters. The Bertz CT molecular complexity index is 2640. The molecule has 0 radical (unpaired) electrons. The highest BCUT2D eigenvalue weighted by molar-refractivity contribution is 7.86. The molecule has 14 nitrogen and oxygen atoms in total. The predicted octanol–water partition coefficient (Wildman–Crippen LogP) is 9.19. The molecule has 2 aliphatic heterocycles. The Morgan fingerprint density at radius 1 is 0.591 bits per heavy atom. The van der Waals surface area contributed by atoms with Crippen molar-refractivity contribution in [1.82, 2.24) is 0 Å². The summed E-state index contributed by atoms with van der Waals surface area (Å²) >= 11 is 0. The van der Waals surface area contributed by atoms with Gasteiger partial charge in [-0.1, -0.05) is 17.7 Å². The number of hydrogen-bond acceptors (Lipinski definition) is 14. The topological polar surface area (TPSA) is 172 Å². The third-order valence-corrected chi connectivity index (χ3v) is 12.6. The van der Waals surface area contributed by atoms with Gasteiger partial charge in [0, 0.05) is 47.9 Å². The quantitative estimate of drug-likeness (QED) is 0.0778. The van der Waals surface area contributed by atoms with Crippen LogP contribution in [0.15, 0.2) is 89.8 Å². The van der Waals surface area contributed by atoms with Crippen LogP contribution in [0.3, 0.4) is 0 Å². The number of hydrogen-bond donors (Lipinski definition) is 1. The molecule has 0 amide bonds. The first kappa shape index (κ1) is 49.2. The van der Waals surface area contributed by atoms with Crippen LogP contribution in [-0.2, 0) is 27.1 Å². The number of ether oxygens (including phenoxy) is 8. The fourth-order valence-corrected chi connectivity index (χ4v) is 9.06. The first-order valence-electron chi connectivity index (χ1n) is 21.2. The summed E-state index contributed by atoms with van der Waals surface area (Å²) < 4.78 is 76.1. The van der Waals surface area contributed by atoms with Crippen LogP contribution in [-0.4, -0.2) is 79.0 Å². The van der Waals surface area contributed by atoms with E-state index in [9.17, 15) is 23.1 Å². The highest BCUT2D eigenvalue weighted by Crippen LogP contribution is 2.45. The van der Waals surface area contributed by atoms with E-state index in [1.165, 1.54) is 54.8 Å². The minimum atomic E-state index is -4.05. The van der Waals surface area contributed by atoms with Crippen molar-refractivity contribution in [3.8, 4) is 46.0 Å². The largest absolute Gasteiger partial charge is 0.493 e. The molecular weight excluding hydrogens is 869 g/mol. The van der Waals surface area contributed by atoms with Crippen molar-refractivity contribution in [2.24, 2.45) is 0 Å². The zero-order chi connectivity index (χ0) is 48.1. The molecule has 0 fully saturated rings. The molecule has 2 aliphatic rings. The lowest BCUT2D eigenvalue weighted by atomic mass is 9.90. The third kappa shape index (κ3) is 11.2. The lowest BCUT2D eigenvalue weighted by Gasteiger charge is -2.37. The summed E-state index contributed by atoms with van der Waals surface area (Å²) in [5.74, 6) is 3.68. The summed E-state index contributed by atoms with van der Waals surface area (Å²) in [5.41, 5.74) is 3.35. The van der Waals surface area contributed by atoms with Crippen molar-refractivity contribution in [1.29, 1.82) is 0 Å². The molecule has 2 atom stereocenters. The lowest BCUT2D eigenvalue weighted by molar-refractivity contribution is 0.0115. The van der Waals surface area contributed by atoms with E-state index in [0.717, 1.165) is 11.1 Å². The fraction of sp³-hybridized carbons (Fsp3) is 0.373. The Morgan fingerprint density at radius 3 is 1.42 bits per heavy atom. The van der Waals surface area contributed by atoms with E-state index < -0.39 is 33.5 Å². The summed E-state index contributed by atoms with van der Waals surface area (Å²) in [6.07, 6.45) is -0.491. The van der Waals surface area contributed by atoms with Gasteiger partial charge in [0.25, 0.3) is 10.1 Å². The summed E-state index contributed by atoms with van der Waals surface area (Å²) in [6.45, 7) is 9.49. The van der Waals surface area contributed by atoms with Gasteiger partial charge in [0.1, 0.15) is 28.8 Å². The van der Waals surface area contributed by atoms with Gasteiger partial charge in [-0.2, -0.15) is 8.42 Å². The molecule has 0 spiro atoms. The summed E-state index contributed by atoms with van der Waals surface area (Å²) in [4.78, 5) is 26.2. The van der Waals surface area contributed by atoms with Crippen molar-refractivity contribution in [3.05, 3.63) is 124 Å². The van der Waals surface area contributed by atoms with Crippen LogP contribution in [0.2, 0.25) is 0 Å². The number of methoxy groups -OCH3 is 6. The number of aliphatic hydroxyl groups is 1. The van der Waals surface area contributed by atoms with Gasteiger partial charge in [-0.3, -0.25) is 13.8 Å². The molecule has 5 aromatic carbocycles. The van der Waals surface area contributed by atoms with E-state index in [-0.39, 0.29) is 35.7 Å². The highest BCUT2D eigenvalue weighted by Gasteiger charge is 2.38. The zero-order valence-corrected chi connectivity index (χ0v) is 40.0. The molecule has 0 aromatic heterocycles. The maximum atomic E-state index is 13.3. The molecule has 0 saturated heterocycles. The molecule has 0 saturated carbocycles. The number of aryl methyl sites for hydroxylation is 1. The van der Waals surface area contributed by atoms with Crippen LogP contribution in [0.5, 0.6) is 46.0 Å². The zero-order valence-electron chi connectivity index (χ0n) is 39.2. The van der Waals surface area contributed by atoms with E-state index in [1.807, 2.05) is 34.6 Å². The van der Waals surface area contributed by atoms with Crippen LogP contribution < -0.4 is 37.9 Å². The second-order valence-corrected chi connectivity index (χ2v) is 18.8. The molecule has 7 rings (SSSR count). The molecule has 0 aliphatic carbocycles. The van der Waals surface area contributed by atoms with Crippen molar-refractivity contribution in [2.75, 3.05) is 42.7 Å². The number of carbonyl (C=O) groups excluding carboxylic acids is 2. The van der Waals surface area contributed by atoms with Crippen LogP contribution in [0, 0.1) is 6.92 Å². The van der Waals surface area contributed by atoms with E-state index in [2.05, 4.69) is 0 Å². The Hall–Kier alpha value is -6.29. The second-order valence-electron chi connectivity index (χ2n) is 17.3.